The van der Waals surface area contributed by atoms with Crippen LogP contribution in [0.15, 0.2) is 0 Å². The first-order valence-corrected chi connectivity index (χ1v) is 5.71. The van der Waals surface area contributed by atoms with Gasteiger partial charge < -0.3 is 26.2 Å². The molecule has 7 N–H and O–H groups in total. The average Bonchev–Trinajstić information content (AvgIpc) is 2.24. The van der Waals surface area contributed by atoms with Crippen molar-refractivity contribution in [2.45, 2.75) is 25.1 Å². The van der Waals surface area contributed by atoms with Crippen LogP contribution in [0.4, 0.5) is 0 Å². The van der Waals surface area contributed by atoms with Crippen molar-refractivity contribution in [3.8, 4) is 0 Å². The van der Waals surface area contributed by atoms with Crippen molar-refractivity contribution < 1.29 is 39.1 Å². The topological polar surface area (TPSA) is 187 Å². The van der Waals surface area contributed by atoms with Crippen LogP contribution in [0.2, 0.25) is 0 Å². The van der Waals surface area contributed by atoms with E-state index >= 15 is 0 Å². The third kappa shape index (κ3) is 9.87. The van der Waals surface area contributed by atoms with Gasteiger partial charge in [0.25, 0.3) is 0 Å². The molecule has 0 saturated heterocycles. The van der Waals surface area contributed by atoms with Crippen LogP contribution < -0.4 is 10.8 Å². The van der Waals surface area contributed by atoms with E-state index in [1.54, 1.807) is 5.09 Å². The summed E-state index contributed by atoms with van der Waals surface area (Å²) in [5, 5.41) is 34.6. The summed E-state index contributed by atoms with van der Waals surface area (Å²) in [5.41, 5.74) is 4.91. The van der Waals surface area contributed by atoms with E-state index < -0.39 is 44.6 Å². The smallest absolute Gasteiger partial charge is 0.396 e. The predicted molar refractivity (Wildman–Crippen MR) is 57.2 cm³/mol. The van der Waals surface area contributed by atoms with E-state index in [-0.39, 0.29) is 0 Å². The lowest BCUT2D eigenvalue weighted by atomic mass is 10.2. The largest absolute Gasteiger partial charge is 0.480 e. The molecule has 0 bridgehead atoms. The Labute approximate surface area is 102 Å². The standard InChI is InChI=1S/C4H9NO3.C3H6NO5P/c1-2(6)3(5)4(7)8;5-1-2(3(6)7)4-10(8)9/h2-3,6H,5H2,1H3,(H,7,8);2,5H,1H2,(H,6,7)(H,4,8,9). The molecular formula is C7H15N2O8P. The molecular weight excluding hydrogens is 271 g/mol. The number of aliphatic carboxylic acids is 2. The molecule has 11 heteroatoms. The minimum Gasteiger partial charge on any atom is -0.480 e. The zero-order valence-electron chi connectivity index (χ0n) is 9.39. The summed E-state index contributed by atoms with van der Waals surface area (Å²) < 4.78 is 19.6. The van der Waals surface area contributed by atoms with Crippen LogP contribution in [0.5, 0.6) is 0 Å². The quantitative estimate of drug-likeness (QED) is 0.295. The van der Waals surface area contributed by atoms with Gasteiger partial charge in [-0.25, -0.2) is 9.13 Å². The van der Waals surface area contributed by atoms with Crippen molar-refractivity contribution in [2.75, 3.05) is 6.61 Å². The molecule has 0 aromatic carbocycles. The van der Waals surface area contributed by atoms with E-state index in [4.69, 9.17) is 26.2 Å². The number of aliphatic hydroxyl groups is 2. The molecule has 0 aromatic rings. The summed E-state index contributed by atoms with van der Waals surface area (Å²) in [4.78, 5) is 19.8. The summed E-state index contributed by atoms with van der Waals surface area (Å²) in [6.45, 7) is 0.581. The summed E-state index contributed by atoms with van der Waals surface area (Å²) >= 11 is 0. The van der Waals surface area contributed by atoms with Gasteiger partial charge in [0.2, 0.25) is 0 Å². The highest BCUT2D eigenvalue weighted by Crippen LogP contribution is 1.97. The lowest BCUT2D eigenvalue weighted by molar-refractivity contribution is -0.141. The maximum atomic E-state index is 9.98. The third-order valence-corrected chi connectivity index (χ3v) is 2.07. The van der Waals surface area contributed by atoms with E-state index in [0.29, 0.717) is 0 Å². The van der Waals surface area contributed by atoms with Gasteiger partial charge in [-0.2, -0.15) is 5.09 Å². The lowest BCUT2D eigenvalue weighted by Crippen LogP contribution is -2.39. The van der Waals surface area contributed by atoms with Gasteiger partial charge in [0.05, 0.1) is 12.7 Å². The molecule has 0 aliphatic carbocycles. The lowest BCUT2D eigenvalue weighted by Gasteiger charge is -2.06. The Morgan fingerprint density at radius 3 is 1.78 bits per heavy atom. The molecule has 10 nitrogen and oxygen atoms in total. The van der Waals surface area contributed by atoms with Crippen molar-refractivity contribution in [3.05, 3.63) is 0 Å². The molecule has 0 aromatic heterocycles. The van der Waals surface area contributed by atoms with Gasteiger partial charge in [-0.05, 0) is 6.92 Å². The molecule has 0 saturated carbocycles. The predicted octanol–water partition coefficient (Wildman–Crippen LogP) is -2.11. The fraction of sp³-hybridized carbons (Fsp3) is 0.714. The maximum absolute atomic E-state index is 9.98. The summed E-state index contributed by atoms with van der Waals surface area (Å²) in [6, 6.07) is -2.59. The van der Waals surface area contributed by atoms with Crippen molar-refractivity contribution in [1.29, 1.82) is 0 Å². The number of carboxylic acid groups (broad SMARTS) is 2. The first-order valence-electron chi connectivity index (χ1n) is 4.54. The molecule has 0 fully saturated rings. The highest BCUT2D eigenvalue weighted by atomic mass is 31.1. The number of nitrogens with two attached hydrogens (primary N) is 1. The van der Waals surface area contributed by atoms with Gasteiger partial charge in [0, 0.05) is 0 Å². The highest BCUT2D eigenvalue weighted by Gasteiger charge is 2.17. The summed E-state index contributed by atoms with van der Waals surface area (Å²) in [7, 11) is -2.97. The summed E-state index contributed by atoms with van der Waals surface area (Å²) in [5.74, 6) is -2.58. The van der Waals surface area contributed by atoms with Crippen molar-refractivity contribution >= 4 is 19.8 Å². The molecule has 0 aliphatic rings. The minimum absolute atomic E-state index is 0.751. The Kier molecular flexibility index (Phi) is 10.2. The monoisotopic (exact) mass is 286 g/mol. The zero-order chi connectivity index (χ0) is 14.9. The Bertz CT molecular complexity index is 334. The third-order valence-electron chi connectivity index (χ3n) is 1.55. The fourth-order valence-electron chi connectivity index (χ4n) is 0.508. The highest BCUT2D eigenvalue weighted by molar-refractivity contribution is 7.28. The average molecular weight is 286 g/mol. The molecule has 3 atom stereocenters. The molecule has 3 unspecified atom stereocenters. The van der Waals surface area contributed by atoms with Gasteiger partial charge in [-0.15, -0.1) is 0 Å². The Morgan fingerprint density at radius 2 is 1.72 bits per heavy atom. The molecule has 0 aliphatic heterocycles. The number of rotatable bonds is 6. The van der Waals surface area contributed by atoms with Gasteiger partial charge in [-0.3, -0.25) is 9.59 Å². The second-order valence-corrected chi connectivity index (χ2v) is 3.84. The van der Waals surface area contributed by atoms with Crippen LogP contribution in [0.1, 0.15) is 6.92 Å². The normalized spacial score (nSPS) is 14.7. The van der Waals surface area contributed by atoms with Gasteiger partial charge in [0.1, 0.15) is 12.1 Å². The molecule has 0 radical (unpaired) electrons. The van der Waals surface area contributed by atoms with Crippen LogP contribution in [0, 0.1) is 0 Å². The van der Waals surface area contributed by atoms with Crippen molar-refractivity contribution in [1.82, 2.24) is 5.09 Å². The van der Waals surface area contributed by atoms with Gasteiger partial charge >= 0.3 is 19.8 Å². The van der Waals surface area contributed by atoms with Crippen LogP contribution in [0.3, 0.4) is 0 Å². The van der Waals surface area contributed by atoms with Gasteiger partial charge in [0.15, 0.2) is 0 Å². The molecule has 106 valence electrons. The van der Waals surface area contributed by atoms with Crippen LogP contribution >= 0.6 is 7.83 Å². The zero-order valence-corrected chi connectivity index (χ0v) is 10.3. The maximum Gasteiger partial charge on any atom is 0.396 e. The first-order chi connectivity index (χ1) is 8.13. The Balaban J connectivity index is 0. The molecule has 0 amide bonds. The molecule has 0 heterocycles. The van der Waals surface area contributed by atoms with Gasteiger partial charge in [-0.1, -0.05) is 0 Å². The van der Waals surface area contributed by atoms with E-state index in [0.717, 1.165) is 0 Å². The molecule has 0 spiro atoms. The van der Waals surface area contributed by atoms with Crippen molar-refractivity contribution in [2.24, 2.45) is 5.73 Å². The first kappa shape index (κ1) is 19.0. The van der Waals surface area contributed by atoms with Crippen LogP contribution in [-0.4, -0.2) is 57.2 Å². The van der Waals surface area contributed by atoms with E-state index in [9.17, 15) is 18.7 Å². The number of hydrogen-bond donors (Lipinski definition) is 6. The minimum atomic E-state index is -2.97. The van der Waals surface area contributed by atoms with Crippen LogP contribution in [-0.2, 0) is 18.7 Å². The van der Waals surface area contributed by atoms with E-state index in [2.05, 4.69) is 0 Å². The second-order valence-electron chi connectivity index (χ2n) is 3.06. The fourth-order valence-corrected chi connectivity index (χ4v) is 0.954. The number of hydrogen-bond acceptors (Lipinski definition) is 7. The van der Waals surface area contributed by atoms with E-state index in [1.807, 2.05) is 0 Å². The van der Waals surface area contributed by atoms with Crippen molar-refractivity contribution in [3.63, 3.8) is 0 Å². The molecule has 0 rings (SSSR count). The Morgan fingerprint density at radius 1 is 1.28 bits per heavy atom. The summed E-state index contributed by atoms with van der Waals surface area (Å²) in [6.07, 6.45) is -0.979. The SMILES string of the molecule is CC(O)C(N)C(=O)O.O=C(O)C(CO)NP(=O)=O. The Hall–Kier alpha value is -1.32. The number of carboxylic acids is 2. The van der Waals surface area contributed by atoms with Crippen LogP contribution in [0.25, 0.3) is 0 Å². The number of nitrogens with one attached hydrogen (secondary N) is 1. The molecule has 18 heavy (non-hydrogen) atoms. The second kappa shape index (κ2) is 9.68. The van der Waals surface area contributed by atoms with E-state index in [1.165, 1.54) is 6.92 Å². The number of aliphatic hydroxyl groups excluding tert-OH is 2. The number of carbonyl (C=O) groups is 2.